The number of carbonyl (C=O) groups excluding carboxylic acids is 1. The first kappa shape index (κ1) is 23.4. The number of rotatable bonds is 7. The van der Waals surface area contributed by atoms with Crippen LogP contribution in [0.3, 0.4) is 0 Å². The molecule has 0 saturated carbocycles. The highest BCUT2D eigenvalue weighted by Crippen LogP contribution is 2.38. The van der Waals surface area contributed by atoms with Crippen LogP contribution in [0.4, 0.5) is 5.69 Å². The van der Waals surface area contributed by atoms with Crippen molar-refractivity contribution >= 4 is 28.1 Å². The summed E-state index contributed by atoms with van der Waals surface area (Å²) in [6.45, 7) is 5.30. The smallest absolute Gasteiger partial charge is 0.248 e. The summed E-state index contributed by atoms with van der Waals surface area (Å²) < 4.78 is 28.2. The van der Waals surface area contributed by atoms with Crippen molar-refractivity contribution in [3.63, 3.8) is 0 Å². The van der Waals surface area contributed by atoms with Gasteiger partial charge in [0.2, 0.25) is 5.91 Å². The van der Waals surface area contributed by atoms with E-state index in [1.54, 1.807) is 37.6 Å². The maximum absolute atomic E-state index is 12.9. The number of amides is 1. The zero-order chi connectivity index (χ0) is 25.1. The predicted molar refractivity (Wildman–Crippen MR) is 139 cm³/mol. The average molecular weight is 486 g/mol. The molecule has 3 aromatic carbocycles. The summed E-state index contributed by atoms with van der Waals surface area (Å²) in [4.78, 5) is 12.9. The average Bonchev–Trinajstić information content (AvgIpc) is 3.31. The quantitative estimate of drug-likeness (QED) is 0.309. The van der Waals surface area contributed by atoms with Gasteiger partial charge in [-0.1, -0.05) is 12.1 Å². The van der Waals surface area contributed by atoms with E-state index in [-0.39, 0.29) is 5.91 Å². The summed E-state index contributed by atoms with van der Waals surface area (Å²) in [5.41, 5.74) is 4.87. The van der Waals surface area contributed by atoms with Crippen LogP contribution < -0.4 is 24.3 Å². The van der Waals surface area contributed by atoms with Crippen molar-refractivity contribution < 1.29 is 28.2 Å². The number of hydrogen-bond donors (Lipinski definition) is 1. The molecule has 1 N–H and O–H groups in total. The molecule has 0 spiro atoms. The molecule has 2 heterocycles. The number of furan rings is 1. The molecule has 0 radical (unpaired) electrons. The molecule has 0 fully saturated rings. The Morgan fingerprint density at radius 2 is 1.81 bits per heavy atom. The topological polar surface area (TPSA) is 79.2 Å². The molecule has 1 aliphatic rings. The summed E-state index contributed by atoms with van der Waals surface area (Å²) in [5.74, 6) is 2.48. The molecule has 4 aromatic rings. The van der Waals surface area contributed by atoms with E-state index in [1.807, 2.05) is 50.2 Å². The van der Waals surface area contributed by atoms with Crippen molar-refractivity contribution in [2.75, 3.05) is 32.2 Å². The van der Waals surface area contributed by atoms with Gasteiger partial charge >= 0.3 is 0 Å². The lowest BCUT2D eigenvalue weighted by Gasteiger charge is -2.18. The third-order valence-electron chi connectivity index (χ3n) is 5.96. The second-order valence-corrected chi connectivity index (χ2v) is 8.33. The Labute approximate surface area is 209 Å². The van der Waals surface area contributed by atoms with E-state index in [0.29, 0.717) is 48.3 Å². The second-order valence-electron chi connectivity index (χ2n) is 8.33. The summed E-state index contributed by atoms with van der Waals surface area (Å²) >= 11 is 0. The molecule has 7 nitrogen and oxygen atoms in total. The van der Waals surface area contributed by atoms with E-state index in [1.165, 1.54) is 0 Å². The Kier molecular flexibility index (Phi) is 6.54. The third-order valence-corrected chi connectivity index (χ3v) is 5.96. The molecule has 1 aliphatic heterocycles. The van der Waals surface area contributed by atoms with Crippen LogP contribution in [0.1, 0.15) is 19.4 Å². The van der Waals surface area contributed by atoms with E-state index in [4.69, 9.17) is 23.4 Å². The van der Waals surface area contributed by atoms with E-state index >= 15 is 0 Å². The monoisotopic (exact) mass is 485 g/mol. The molecule has 0 aliphatic carbocycles. The highest BCUT2D eigenvalue weighted by molar-refractivity contribution is 6.05. The van der Waals surface area contributed by atoms with Gasteiger partial charge in [-0.3, -0.25) is 4.79 Å². The first-order valence-corrected chi connectivity index (χ1v) is 11.8. The van der Waals surface area contributed by atoms with Gasteiger partial charge < -0.3 is 28.7 Å². The van der Waals surface area contributed by atoms with Crippen LogP contribution >= 0.6 is 0 Å². The van der Waals surface area contributed by atoms with Crippen molar-refractivity contribution in [1.82, 2.24) is 0 Å². The van der Waals surface area contributed by atoms with Gasteiger partial charge in [0.25, 0.3) is 0 Å². The lowest BCUT2D eigenvalue weighted by molar-refractivity contribution is -0.111. The van der Waals surface area contributed by atoms with Gasteiger partial charge in [-0.15, -0.1) is 0 Å². The molecule has 0 bridgehead atoms. The number of ether oxygens (including phenoxy) is 4. The molecule has 0 unspecified atom stereocenters. The van der Waals surface area contributed by atoms with Crippen molar-refractivity contribution in [2.45, 2.75) is 13.8 Å². The summed E-state index contributed by atoms with van der Waals surface area (Å²) in [5, 5.41) is 3.83. The van der Waals surface area contributed by atoms with Gasteiger partial charge in [0.1, 0.15) is 30.3 Å². The van der Waals surface area contributed by atoms with E-state index in [2.05, 4.69) is 5.32 Å². The van der Waals surface area contributed by atoms with Gasteiger partial charge in [0, 0.05) is 40.4 Å². The largest absolute Gasteiger partial charge is 0.497 e. The lowest BCUT2D eigenvalue weighted by atomic mass is 9.99. The number of carbonyl (C=O) groups is 1. The van der Waals surface area contributed by atoms with Crippen LogP contribution in [-0.2, 0) is 4.79 Å². The Hall–Kier alpha value is -4.39. The van der Waals surface area contributed by atoms with Crippen LogP contribution in [0.2, 0.25) is 0 Å². The summed E-state index contributed by atoms with van der Waals surface area (Å²) in [6.07, 6.45) is 3.30. The van der Waals surface area contributed by atoms with Crippen LogP contribution in [0, 0.1) is 0 Å². The van der Waals surface area contributed by atoms with Crippen LogP contribution in [0.15, 0.2) is 71.4 Å². The molecule has 1 aromatic heterocycles. The van der Waals surface area contributed by atoms with Crippen molar-refractivity contribution in [1.29, 1.82) is 0 Å². The third kappa shape index (κ3) is 4.73. The SMILES string of the molecule is CCOc1cc2occ(-c3ccc(OC)cc3)c2cc1/C(C)=C/C(=O)Nc1ccc2c(c1)OCCO2. The Balaban J connectivity index is 1.46. The Bertz CT molecular complexity index is 1430. The Morgan fingerprint density at radius 3 is 2.56 bits per heavy atom. The fraction of sp³-hybridized carbons (Fsp3) is 0.207. The maximum atomic E-state index is 12.9. The minimum atomic E-state index is -0.255. The number of nitrogens with one attached hydrogen (secondary N) is 1. The summed E-state index contributed by atoms with van der Waals surface area (Å²) in [7, 11) is 1.64. The standard InChI is InChI=1S/C29H27NO6/c1-4-33-26-16-27-23(24(17-36-27)19-5-8-21(32-3)9-6-19)15-22(26)18(2)13-29(31)30-20-7-10-25-28(14-20)35-12-11-34-25/h5-10,13-17H,4,11-12H2,1-3H3,(H,30,31)/b18-13+. The number of anilines is 1. The molecular weight excluding hydrogens is 458 g/mol. The number of allylic oxidation sites excluding steroid dienone is 1. The van der Waals surface area contributed by atoms with Gasteiger partial charge in [0.05, 0.1) is 20.0 Å². The zero-order valence-electron chi connectivity index (χ0n) is 20.4. The van der Waals surface area contributed by atoms with Gasteiger partial charge in [-0.25, -0.2) is 0 Å². The number of benzene rings is 3. The molecule has 0 atom stereocenters. The van der Waals surface area contributed by atoms with Crippen molar-refractivity contribution in [2.24, 2.45) is 0 Å². The predicted octanol–water partition coefficient (Wildman–Crippen LogP) is 6.32. The molecule has 1 amide bonds. The van der Waals surface area contributed by atoms with E-state index in [9.17, 15) is 4.79 Å². The highest BCUT2D eigenvalue weighted by atomic mass is 16.6. The van der Waals surface area contributed by atoms with Crippen molar-refractivity contribution in [3.05, 3.63) is 72.5 Å². The Morgan fingerprint density at radius 1 is 1.03 bits per heavy atom. The van der Waals surface area contributed by atoms with Gasteiger partial charge in [0.15, 0.2) is 11.5 Å². The van der Waals surface area contributed by atoms with Gasteiger partial charge in [-0.2, -0.15) is 0 Å². The molecule has 7 heteroatoms. The summed E-state index contributed by atoms with van der Waals surface area (Å²) in [6, 6.07) is 17.0. The van der Waals surface area contributed by atoms with E-state index < -0.39 is 0 Å². The maximum Gasteiger partial charge on any atom is 0.248 e. The molecule has 0 saturated heterocycles. The number of methoxy groups -OCH3 is 1. The second kappa shape index (κ2) is 10.1. The van der Waals surface area contributed by atoms with Crippen LogP contribution in [0.25, 0.3) is 27.7 Å². The number of hydrogen-bond acceptors (Lipinski definition) is 6. The minimum Gasteiger partial charge on any atom is -0.497 e. The number of fused-ring (bicyclic) bond motifs is 2. The molecular formula is C29H27NO6. The normalized spacial score (nSPS) is 12.9. The lowest BCUT2D eigenvalue weighted by Crippen LogP contribution is -2.16. The first-order valence-electron chi connectivity index (χ1n) is 11.8. The molecule has 36 heavy (non-hydrogen) atoms. The fourth-order valence-electron chi connectivity index (χ4n) is 4.21. The van der Waals surface area contributed by atoms with E-state index in [0.717, 1.165) is 33.4 Å². The first-order chi connectivity index (χ1) is 17.6. The minimum absolute atomic E-state index is 0.255. The molecule has 5 rings (SSSR count). The van der Waals surface area contributed by atoms with Gasteiger partial charge in [-0.05, 0) is 55.3 Å². The zero-order valence-corrected chi connectivity index (χ0v) is 20.4. The van der Waals surface area contributed by atoms with Crippen molar-refractivity contribution in [3.8, 4) is 34.1 Å². The van der Waals surface area contributed by atoms with Crippen LogP contribution in [0.5, 0.6) is 23.0 Å². The highest BCUT2D eigenvalue weighted by Gasteiger charge is 2.16. The fourth-order valence-corrected chi connectivity index (χ4v) is 4.21. The molecule has 184 valence electrons. The van der Waals surface area contributed by atoms with Crippen LogP contribution in [-0.4, -0.2) is 32.8 Å².